The van der Waals surface area contributed by atoms with Gasteiger partial charge in [0.2, 0.25) is 0 Å². The fraction of sp³-hybridized carbons (Fsp3) is 0.613. The highest BCUT2D eigenvalue weighted by atomic mass is 28.4. The Hall–Kier alpha value is -2.14. The molecule has 216 valence electrons. The summed E-state index contributed by atoms with van der Waals surface area (Å²) in [6.45, 7) is 13.9. The van der Waals surface area contributed by atoms with Gasteiger partial charge >= 0.3 is 0 Å². The topological polar surface area (TPSA) is 76.9 Å². The number of benzene rings is 1. The van der Waals surface area contributed by atoms with E-state index in [1.807, 2.05) is 33.0 Å². The van der Waals surface area contributed by atoms with Crippen molar-refractivity contribution in [2.75, 3.05) is 6.61 Å². The minimum absolute atomic E-state index is 0.239. The van der Waals surface area contributed by atoms with Crippen LogP contribution in [0.3, 0.4) is 0 Å². The van der Waals surface area contributed by atoms with Gasteiger partial charge in [-0.15, -0.1) is 0 Å². The Morgan fingerprint density at radius 2 is 1.75 bits per heavy atom. The summed E-state index contributed by atoms with van der Waals surface area (Å²) in [7, 11) is -1.99. The van der Waals surface area contributed by atoms with Crippen LogP contribution < -0.4 is 0 Å². The van der Waals surface area contributed by atoms with E-state index in [1.54, 1.807) is 6.33 Å². The first kappa shape index (κ1) is 28.0. The van der Waals surface area contributed by atoms with Crippen molar-refractivity contribution < 1.29 is 23.4 Å². The zero-order valence-corrected chi connectivity index (χ0v) is 25.7. The fourth-order valence-corrected chi connectivity index (χ4v) is 9.41. The molecule has 0 saturated carbocycles. The Balaban J connectivity index is 1.41. The van der Waals surface area contributed by atoms with Crippen LogP contribution in [0.1, 0.15) is 76.3 Å². The minimum atomic E-state index is -1.99. The first-order chi connectivity index (χ1) is 19.3. The van der Waals surface area contributed by atoms with Crippen molar-refractivity contribution in [2.45, 2.75) is 116 Å². The van der Waals surface area contributed by atoms with Crippen LogP contribution in [-0.4, -0.2) is 53.6 Å². The molecule has 4 heterocycles. The summed E-state index contributed by atoms with van der Waals surface area (Å²) in [5.74, 6) is -0.729. The molecule has 2 aromatic heterocycles. The van der Waals surface area contributed by atoms with Crippen molar-refractivity contribution in [3.05, 3.63) is 59.2 Å². The second kappa shape index (κ2) is 10.9. The Bertz CT molecular complexity index is 1350. The Morgan fingerprint density at radius 1 is 1.00 bits per heavy atom. The number of nitrogens with zero attached hydrogens (tertiary/aromatic N) is 3. The number of ether oxygens (including phenoxy) is 4. The van der Waals surface area contributed by atoms with Crippen molar-refractivity contribution >= 4 is 19.4 Å². The molecule has 8 nitrogen and oxygen atoms in total. The van der Waals surface area contributed by atoms with Crippen LogP contribution in [0.25, 0.3) is 11.0 Å². The SMILES string of the molecule is CCOCc1ncnc2c1ccn2[C@@H]1O[C@H]([C@H](O[Si](CC)(CC)CC)c2ccc3c(c2)CC3)[C@H]2OC(C)(C)O[C@H]21. The Labute approximate surface area is 238 Å². The third-order valence-electron chi connectivity index (χ3n) is 9.20. The number of hydrogen-bond donors (Lipinski definition) is 0. The molecule has 0 spiro atoms. The van der Waals surface area contributed by atoms with Crippen molar-refractivity contribution in [2.24, 2.45) is 0 Å². The van der Waals surface area contributed by atoms with E-state index >= 15 is 0 Å². The van der Waals surface area contributed by atoms with Crippen molar-refractivity contribution in [1.82, 2.24) is 14.5 Å². The van der Waals surface area contributed by atoms with E-state index in [-0.39, 0.29) is 24.4 Å². The summed E-state index contributed by atoms with van der Waals surface area (Å²) >= 11 is 0. The maximum Gasteiger partial charge on any atom is 0.193 e. The third-order valence-corrected chi connectivity index (χ3v) is 13.8. The first-order valence-corrected chi connectivity index (χ1v) is 17.5. The van der Waals surface area contributed by atoms with Gasteiger partial charge in [0.05, 0.1) is 18.4 Å². The standard InChI is InChI=1S/C31H43N3O5Si/c1-7-35-18-24-23-15-16-34(29(23)33-19-32-24)30-28-27(37-31(5,6)38-28)26(36-30)25(39-40(8-2,9-3)10-4)22-14-12-20-11-13-21(20)17-22/h12,14-17,19,25-28,30H,7-11,13,18H2,1-6H3/t25-,26-,27-,28-,30-/m1/s1. The normalized spacial score (nSPS) is 26.1. The number of fused-ring (bicyclic) bond motifs is 3. The first-order valence-electron chi connectivity index (χ1n) is 15.0. The van der Waals surface area contributed by atoms with Crippen LogP contribution in [0.2, 0.25) is 18.1 Å². The summed E-state index contributed by atoms with van der Waals surface area (Å²) in [5.41, 5.74) is 5.72. The highest BCUT2D eigenvalue weighted by Gasteiger charge is 2.59. The van der Waals surface area contributed by atoms with Crippen LogP contribution >= 0.6 is 0 Å². The van der Waals surface area contributed by atoms with Crippen molar-refractivity contribution in [3.8, 4) is 0 Å². The number of rotatable bonds is 11. The maximum atomic E-state index is 7.29. The highest BCUT2D eigenvalue weighted by Crippen LogP contribution is 2.49. The molecular weight excluding hydrogens is 522 g/mol. The molecule has 3 aromatic rings. The lowest BCUT2D eigenvalue weighted by atomic mass is 9.85. The predicted molar refractivity (Wildman–Crippen MR) is 155 cm³/mol. The maximum absolute atomic E-state index is 7.29. The van der Waals surface area contributed by atoms with Crippen LogP contribution in [-0.2, 0) is 42.8 Å². The summed E-state index contributed by atoms with van der Waals surface area (Å²) in [6, 6.07) is 12.1. The molecule has 0 radical (unpaired) electrons. The lowest BCUT2D eigenvalue weighted by Gasteiger charge is -2.38. The zero-order valence-electron chi connectivity index (χ0n) is 24.7. The molecule has 2 fully saturated rings. The quantitative estimate of drug-likeness (QED) is 0.255. The van der Waals surface area contributed by atoms with E-state index in [1.165, 1.54) is 16.7 Å². The molecule has 2 saturated heterocycles. The van der Waals surface area contributed by atoms with E-state index in [9.17, 15) is 0 Å². The van der Waals surface area contributed by atoms with Gasteiger partial charge in [-0.1, -0.05) is 39.0 Å². The highest BCUT2D eigenvalue weighted by molar-refractivity contribution is 6.73. The van der Waals surface area contributed by atoms with Gasteiger partial charge in [-0.25, -0.2) is 9.97 Å². The van der Waals surface area contributed by atoms with Crippen LogP contribution in [0.15, 0.2) is 36.8 Å². The van der Waals surface area contributed by atoms with Gasteiger partial charge in [-0.05, 0) is 74.5 Å². The average molecular weight is 566 g/mol. The van der Waals surface area contributed by atoms with Gasteiger partial charge in [0, 0.05) is 18.2 Å². The van der Waals surface area contributed by atoms with Crippen molar-refractivity contribution in [3.63, 3.8) is 0 Å². The molecule has 2 aliphatic heterocycles. The monoisotopic (exact) mass is 565 g/mol. The fourth-order valence-electron chi connectivity index (χ4n) is 6.60. The van der Waals surface area contributed by atoms with Gasteiger partial charge in [0.1, 0.15) is 30.3 Å². The molecule has 5 atom stereocenters. The van der Waals surface area contributed by atoms with Gasteiger partial charge in [-0.3, -0.25) is 0 Å². The average Bonchev–Trinajstić information content (AvgIpc) is 3.60. The van der Waals surface area contributed by atoms with E-state index in [4.69, 9.17) is 23.4 Å². The summed E-state index contributed by atoms with van der Waals surface area (Å²) < 4.78 is 35.2. The van der Waals surface area contributed by atoms with Gasteiger partial charge in [0.25, 0.3) is 0 Å². The second-order valence-corrected chi connectivity index (χ2v) is 16.5. The number of aryl methyl sites for hydroxylation is 2. The molecule has 1 aliphatic carbocycles. The van der Waals surface area contributed by atoms with E-state index in [2.05, 4.69) is 53.5 Å². The van der Waals surface area contributed by atoms with E-state index in [0.29, 0.717) is 13.2 Å². The number of aromatic nitrogens is 3. The molecular formula is C31H43N3O5Si. The molecule has 40 heavy (non-hydrogen) atoms. The molecule has 0 N–H and O–H groups in total. The molecule has 0 unspecified atom stereocenters. The van der Waals surface area contributed by atoms with Gasteiger partial charge in [0.15, 0.2) is 20.3 Å². The smallest absolute Gasteiger partial charge is 0.193 e. The third kappa shape index (κ3) is 4.84. The zero-order chi connectivity index (χ0) is 28.1. The second-order valence-electron chi connectivity index (χ2n) is 11.8. The Kier molecular flexibility index (Phi) is 7.65. The van der Waals surface area contributed by atoms with E-state index in [0.717, 1.165) is 47.7 Å². The molecule has 0 bridgehead atoms. The summed E-state index contributed by atoms with van der Waals surface area (Å²) in [6.07, 6.45) is 4.34. The van der Waals surface area contributed by atoms with Crippen LogP contribution in [0, 0.1) is 0 Å². The summed E-state index contributed by atoms with van der Waals surface area (Å²) in [5, 5.41) is 0.960. The lowest BCUT2D eigenvalue weighted by molar-refractivity contribution is -0.206. The summed E-state index contributed by atoms with van der Waals surface area (Å²) in [4.78, 5) is 9.14. The van der Waals surface area contributed by atoms with E-state index < -0.39 is 20.3 Å². The number of hydrogen-bond acceptors (Lipinski definition) is 7. The van der Waals surface area contributed by atoms with Gasteiger partial charge < -0.3 is 27.9 Å². The molecule has 6 rings (SSSR count). The lowest BCUT2D eigenvalue weighted by Crippen LogP contribution is -2.43. The Morgan fingerprint density at radius 3 is 2.42 bits per heavy atom. The predicted octanol–water partition coefficient (Wildman–Crippen LogP) is 6.25. The van der Waals surface area contributed by atoms with Gasteiger partial charge in [-0.2, -0.15) is 0 Å². The largest absolute Gasteiger partial charge is 0.407 e. The molecule has 0 amide bonds. The molecule has 9 heteroatoms. The van der Waals surface area contributed by atoms with Crippen LogP contribution in [0.4, 0.5) is 0 Å². The minimum Gasteiger partial charge on any atom is -0.407 e. The van der Waals surface area contributed by atoms with Crippen molar-refractivity contribution in [1.29, 1.82) is 0 Å². The van der Waals surface area contributed by atoms with Crippen LogP contribution in [0.5, 0.6) is 0 Å². The molecule has 1 aromatic carbocycles. The molecule has 3 aliphatic rings.